The summed E-state index contributed by atoms with van der Waals surface area (Å²) in [5.74, 6) is 5.61. The summed E-state index contributed by atoms with van der Waals surface area (Å²) in [6.45, 7) is 2.75. The van der Waals surface area contributed by atoms with Crippen LogP contribution in [-0.2, 0) is 0 Å². The second kappa shape index (κ2) is 11.5. The summed E-state index contributed by atoms with van der Waals surface area (Å²) in [4.78, 5) is 23.9. The Bertz CT molecular complexity index is 1450. The number of hydrazine groups is 1. The average molecular weight is 510 g/mol. The van der Waals surface area contributed by atoms with E-state index in [4.69, 9.17) is 20.6 Å². The molecule has 0 atom stereocenters. The molecule has 0 saturated carbocycles. The minimum absolute atomic E-state index is 0.138. The first kappa shape index (κ1) is 24.9. The lowest BCUT2D eigenvalue weighted by atomic mass is 10.2. The van der Waals surface area contributed by atoms with Crippen molar-refractivity contribution >= 4 is 22.6 Å². The number of para-hydroxylation sites is 1. The molecule has 1 saturated heterocycles. The molecule has 1 N–H and O–H groups in total. The number of hydrogen-bond acceptors (Lipinski definition) is 8. The highest BCUT2D eigenvalue weighted by Gasteiger charge is 2.22. The van der Waals surface area contributed by atoms with Crippen molar-refractivity contribution in [3.05, 3.63) is 78.6 Å². The van der Waals surface area contributed by atoms with E-state index in [-0.39, 0.29) is 12.5 Å². The van der Waals surface area contributed by atoms with E-state index in [1.165, 1.54) is 6.33 Å². The Morgan fingerprint density at radius 1 is 0.974 bits per heavy atom. The fourth-order valence-corrected chi connectivity index (χ4v) is 4.23. The molecule has 0 bridgehead atoms. The van der Waals surface area contributed by atoms with Gasteiger partial charge in [-0.2, -0.15) is 0 Å². The van der Waals surface area contributed by atoms with Gasteiger partial charge in [0.05, 0.1) is 12.6 Å². The number of ether oxygens (including phenoxy) is 3. The van der Waals surface area contributed by atoms with Gasteiger partial charge in [-0.1, -0.05) is 24.1 Å². The number of carbonyl (C=O) groups is 1. The molecule has 5 rings (SSSR count). The highest BCUT2D eigenvalue weighted by Crippen LogP contribution is 2.35. The maximum atomic E-state index is 12.8. The Balaban J connectivity index is 1.21. The first-order valence-electron chi connectivity index (χ1n) is 12.2. The van der Waals surface area contributed by atoms with Crippen LogP contribution in [0.3, 0.4) is 0 Å². The SMILES string of the molecule is C#CCOc1cc2ncnc(N3CCN(NC(=O)c4ccc(Oc5ccccc5)cc4)CC3)c2cc1OC. The van der Waals surface area contributed by atoms with Gasteiger partial charge in [0, 0.05) is 43.2 Å². The van der Waals surface area contributed by atoms with Crippen LogP contribution in [-0.4, -0.2) is 60.8 Å². The van der Waals surface area contributed by atoms with Crippen molar-refractivity contribution < 1.29 is 19.0 Å². The Labute approximate surface area is 220 Å². The van der Waals surface area contributed by atoms with E-state index in [1.807, 2.05) is 47.5 Å². The van der Waals surface area contributed by atoms with E-state index < -0.39 is 0 Å². The molecule has 1 fully saturated rings. The smallest absolute Gasteiger partial charge is 0.265 e. The number of rotatable bonds is 8. The van der Waals surface area contributed by atoms with E-state index in [2.05, 4.69) is 26.2 Å². The third-order valence-corrected chi connectivity index (χ3v) is 6.14. The standard InChI is InChI=1S/C29H27N5O4/c1-3-17-37-27-19-25-24(18-26(27)36-2)28(31-20-30-25)33-13-15-34(16-14-33)32-29(35)21-9-11-23(12-10-21)38-22-7-5-4-6-8-22/h1,4-12,18-20H,13-17H2,2H3,(H,32,35). The maximum Gasteiger partial charge on any atom is 0.265 e. The van der Waals surface area contributed by atoms with Crippen LogP contribution in [0.1, 0.15) is 10.4 Å². The van der Waals surface area contributed by atoms with Crippen molar-refractivity contribution in [3.63, 3.8) is 0 Å². The van der Waals surface area contributed by atoms with Gasteiger partial charge >= 0.3 is 0 Å². The molecule has 192 valence electrons. The van der Waals surface area contributed by atoms with Crippen molar-refractivity contribution in [2.45, 2.75) is 0 Å². The molecule has 1 aliphatic heterocycles. The number of nitrogens with one attached hydrogen (secondary N) is 1. The number of hydrogen-bond donors (Lipinski definition) is 1. The number of amides is 1. The van der Waals surface area contributed by atoms with Gasteiger partial charge in [0.25, 0.3) is 5.91 Å². The fraction of sp³-hybridized carbons (Fsp3) is 0.207. The van der Waals surface area contributed by atoms with Gasteiger partial charge in [-0.25, -0.2) is 15.0 Å². The van der Waals surface area contributed by atoms with Crippen LogP contribution in [0.2, 0.25) is 0 Å². The topological polar surface area (TPSA) is 89.1 Å². The van der Waals surface area contributed by atoms with Crippen molar-refractivity contribution in [2.24, 2.45) is 0 Å². The van der Waals surface area contributed by atoms with E-state index in [9.17, 15) is 4.79 Å². The number of anilines is 1. The molecule has 2 heterocycles. The largest absolute Gasteiger partial charge is 0.493 e. The first-order valence-corrected chi connectivity index (χ1v) is 12.2. The molecule has 9 nitrogen and oxygen atoms in total. The van der Waals surface area contributed by atoms with E-state index >= 15 is 0 Å². The second-order valence-corrected chi connectivity index (χ2v) is 8.56. The number of piperazine rings is 1. The number of carbonyl (C=O) groups excluding carboxylic acids is 1. The Kier molecular flexibility index (Phi) is 7.52. The molecule has 0 aliphatic carbocycles. The summed E-state index contributed by atoms with van der Waals surface area (Å²) in [7, 11) is 1.58. The molecule has 1 aromatic heterocycles. The van der Waals surface area contributed by atoms with Crippen LogP contribution in [0.15, 0.2) is 73.1 Å². The molecule has 0 radical (unpaired) electrons. The number of terminal acetylenes is 1. The van der Waals surface area contributed by atoms with Crippen LogP contribution < -0.4 is 24.5 Å². The number of methoxy groups -OCH3 is 1. The number of fused-ring (bicyclic) bond motifs is 1. The number of aromatic nitrogens is 2. The molecule has 38 heavy (non-hydrogen) atoms. The lowest BCUT2D eigenvalue weighted by molar-refractivity contribution is 0.0777. The van der Waals surface area contributed by atoms with Crippen molar-refractivity contribution in [1.82, 2.24) is 20.4 Å². The van der Waals surface area contributed by atoms with E-state index in [0.717, 1.165) is 22.5 Å². The summed E-state index contributed by atoms with van der Waals surface area (Å²) >= 11 is 0. The molecule has 9 heteroatoms. The average Bonchev–Trinajstić information content (AvgIpc) is 2.96. The minimum Gasteiger partial charge on any atom is -0.493 e. The normalized spacial score (nSPS) is 13.5. The van der Waals surface area contributed by atoms with Gasteiger partial charge in [-0.15, -0.1) is 6.42 Å². The highest BCUT2D eigenvalue weighted by molar-refractivity contribution is 5.94. The van der Waals surface area contributed by atoms with Gasteiger partial charge < -0.3 is 19.1 Å². The zero-order valence-electron chi connectivity index (χ0n) is 21.0. The number of nitrogens with zero attached hydrogens (tertiary/aromatic N) is 4. The number of benzene rings is 3. The zero-order chi connectivity index (χ0) is 26.3. The molecule has 4 aromatic rings. The molecule has 0 spiro atoms. The second-order valence-electron chi connectivity index (χ2n) is 8.56. The summed E-state index contributed by atoms with van der Waals surface area (Å²) in [6, 6.07) is 20.3. The zero-order valence-corrected chi connectivity index (χ0v) is 21.0. The molecule has 0 unspecified atom stereocenters. The third-order valence-electron chi connectivity index (χ3n) is 6.14. The summed E-state index contributed by atoms with van der Waals surface area (Å²) < 4.78 is 16.9. The molecule has 1 amide bonds. The van der Waals surface area contributed by atoms with Crippen LogP contribution in [0.4, 0.5) is 5.82 Å². The highest BCUT2D eigenvalue weighted by atomic mass is 16.5. The van der Waals surface area contributed by atoms with Gasteiger partial charge in [0.15, 0.2) is 11.5 Å². The van der Waals surface area contributed by atoms with Crippen LogP contribution in [0, 0.1) is 12.3 Å². The molecule has 1 aliphatic rings. The van der Waals surface area contributed by atoms with Gasteiger partial charge in [-0.3, -0.25) is 10.2 Å². The van der Waals surface area contributed by atoms with Crippen LogP contribution in [0.5, 0.6) is 23.0 Å². The van der Waals surface area contributed by atoms with Crippen molar-refractivity contribution in [3.8, 4) is 35.3 Å². The summed E-state index contributed by atoms with van der Waals surface area (Å²) in [6.07, 6.45) is 6.86. The van der Waals surface area contributed by atoms with E-state index in [0.29, 0.717) is 49.0 Å². The van der Waals surface area contributed by atoms with Crippen molar-refractivity contribution in [1.29, 1.82) is 0 Å². The van der Waals surface area contributed by atoms with Crippen molar-refractivity contribution in [2.75, 3.05) is 44.8 Å². The molecule has 3 aromatic carbocycles. The summed E-state index contributed by atoms with van der Waals surface area (Å²) in [5, 5.41) is 2.77. The minimum atomic E-state index is -0.165. The summed E-state index contributed by atoms with van der Waals surface area (Å²) in [5.41, 5.74) is 4.29. The predicted molar refractivity (Wildman–Crippen MR) is 145 cm³/mol. The maximum absolute atomic E-state index is 12.8. The predicted octanol–water partition coefficient (Wildman–Crippen LogP) is 3.91. The Morgan fingerprint density at radius 3 is 2.42 bits per heavy atom. The molecular weight excluding hydrogens is 482 g/mol. The van der Waals surface area contributed by atoms with Crippen LogP contribution >= 0.6 is 0 Å². The lowest BCUT2D eigenvalue weighted by Crippen LogP contribution is -2.53. The monoisotopic (exact) mass is 509 g/mol. The fourth-order valence-electron chi connectivity index (χ4n) is 4.23. The Hall–Kier alpha value is -4.81. The van der Waals surface area contributed by atoms with Gasteiger partial charge in [0.1, 0.15) is 30.3 Å². The quantitative estimate of drug-likeness (QED) is 0.358. The third kappa shape index (κ3) is 5.61. The molecular formula is C29H27N5O4. The van der Waals surface area contributed by atoms with Gasteiger partial charge in [0.2, 0.25) is 0 Å². The Morgan fingerprint density at radius 2 is 1.71 bits per heavy atom. The first-order chi connectivity index (χ1) is 18.6. The van der Waals surface area contributed by atoms with Gasteiger partial charge in [-0.05, 0) is 42.5 Å². The van der Waals surface area contributed by atoms with E-state index in [1.54, 1.807) is 31.4 Å². The van der Waals surface area contributed by atoms with Crippen LogP contribution in [0.25, 0.3) is 10.9 Å². The lowest BCUT2D eigenvalue weighted by Gasteiger charge is -2.35.